The van der Waals surface area contributed by atoms with E-state index in [9.17, 15) is 14.3 Å². The lowest BCUT2D eigenvalue weighted by atomic mass is 9.80. The third kappa shape index (κ3) is 12.8. The van der Waals surface area contributed by atoms with Gasteiger partial charge in [-0.05, 0) is 105 Å². The molecule has 1 aliphatic carbocycles. The third-order valence-electron chi connectivity index (χ3n) is 14.0. The molecule has 392 valence electrons. The van der Waals surface area contributed by atoms with Gasteiger partial charge in [0.25, 0.3) is 0 Å². The van der Waals surface area contributed by atoms with Crippen molar-refractivity contribution in [3.63, 3.8) is 0 Å². The van der Waals surface area contributed by atoms with Crippen LogP contribution in [0.2, 0.25) is 0 Å². The number of aliphatic carboxylic acids is 1. The van der Waals surface area contributed by atoms with Gasteiger partial charge in [0.2, 0.25) is 12.0 Å². The van der Waals surface area contributed by atoms with Gasteiger partial charge in [0.1, 0.15) is 65.4 Å². The van der Waals surface area contributed by atoms with Crippen molar-refractivity contribution in [2.75, 3.05) is 79.4 Å². The summed E-state index contributed by atoms with van der Waals surface area (Å²) in [6.07, 6.45) is 8.97. The molecule has 5 aromatic rings. The van der Waals surface area contributed by atoms with Crippen LogP contribution < -0.4 is 14.2 Å². The fourth-order valence-corrected chi connectivity index (χ4v) is 11.2. The number of carbonyl (C=O) groups is 1. The van der Waals surface area contributed by atoms with Gasteiger partial charge in [0, 0.05) is 67.3 Å². The molecule has 15 nitrogen and oxygen atoms in total. The number of allylic oxidation sites excluding steroid dienone is 4. The van der Waals surface area contributed by atoms with E-state index in [0.29, 0.717) is 114 Å². The van der Waals surface area contributed by atoms with Gasteiger partial charge >= 0.3 is 5.97 Å². The number of benzene rings is 2. The van der Waals surface area contributed by atoms with Crippen molar-refractivity contribution >= 4 is 44.7 Å². The highest BCUT2D eigenvalue weighted by Gasteiger charge is 2.38. The minimum atomic E-state index is -1.48. The van der Waals surface area contributed by atoms with Crippen molar-refractivity contribution in [3.05, 3.63) is 106 Å². The third-order valence-corrected chi connectivity index (χ3v) is 15.6. The number of fused-ring (bicyclic) bond motifs is 2. The number of thiophene rings is 1. The van der Waals surface area contributed by atoms with Gasteiger partial charge in [-0.2, -0.15) is 0 Å². The number of carboxylic acid groups (broad SMARTS) is 1. The van der Waals surface area contributed by atoms with E-state index in [0.717, 1.165) is 36.6 Å². The van der Waals surface area contributed by atoms with E-state index in [-0.39, 0.29) is 61.5 Å². The molecule has 0 amide bonds. The number of hydrogen-bond donors (Lipinski definition) is 1. The van der Waals surface area contributed by atoms with Crippen molar-refractivity contribution in [2.24, 2.45) is 0 Å². The summed E-state index contributed by atoms with van der Waals surface area (Å²) >= 11 is 8.64. The quantitative estimate of drug-likeness (QED) is 0.111. The van der Waals surface area contributed by atoms with Crippen LogP contribution >= 0.6 is 22.9 Å². The largest absolute Gasteiger partial charge is 0.490 e. The van der Waals surface area contributed by atoms with E-state index in [4.69, 9.17) is 56.2 Å². The first-order chi connectivity index (χ1) is 35.9. The summed E-state index contributed by atoms with van der Waals surface area (Å²) in [5.41, 5.74) is 2.31. The van der Waals surface area contributed by atoms with E-state index < -0.39 is 29.7 Å². The van der Waals surface area contributed by atoms with Crippen LogP contribution in [0.3, 0.4) is 0 Å². The van der Waals surface area contributed by atoms with Crippen molar-refractivity contribution < 1.29 is 51.8 Å². The molecule has 3 fully saturated rings. The number of terminal acetylenes is 1. The molecule has 9 rings (SSSR count). The lowest BCUT2D eigenvalue weighted by molar-refractivity contribution is -0.145. The normalized spacial score (nSPS) is 25.5. The van der Waals surface area contributed by atoms with Crippen LogP contribution in [-0.4, -0.2) is 144 Å². The number of halogens is 3. The lowest BCUT2D eigenvalue weighted by Crippen LogP contribution is -2.48. The smallest absolute Gasteiger partial charge is 0.345 e. The predicted molar refractivity (Wildman–Crippen MR) is 277 cm³/mol. The van der Waals surface area contributed by atoms with E-state index in [1.54, 1.807) is 42.6 Å². The maximum Gasteiger partial charge on any atom is 0.345 e. The summed E-state index contributed by atoms with van der Waals surface area (Å²) in [6.45, 7) is 9.55. The summed E-state index contributed by atoms with van der Waals surface area (Å²) in [5.74, 6) is 2.56. The number of alkyl halides is 1. The Bertz CT molecular complexity index is 2880. The second-order valence-corrected chi connectivity index (χ2v) is 20.6. The van der Waals surface area contributed by atoms with Crippen LogP contribution in [0.15, 0.2) is 77.4 Å². The predicted octanol–water partition coefficient (Wildman–Crippen LogP) is 9.03. The van der Waals surface area contributed by atoms with E-state index in [2.05, 4.69) is 37.7 Å². The van der Waals surface area contributed by atoms with Crippen LogP contribution in [0.1, 0.15) is 74.5 Å². The molecule has 74 heavy (non-hydrogen) atoms. The second-order valence-electron chi connectivity index (χ2n) is 19.2. The number of rotatable bonds is 13. The first-order valence-corrected chi connectivity index (χ1v) is 26.3. The molecular formula is C55H61ClF2N6O9S. The Morgan fingerprint density at radius 2 is 1.82 bits per heavy atom. The Morgan fingerprint density at radius 3 is 2.55 bits per heavy atom. The molecule has 19 heteroatoms. The minimum absolute atomic E-state index is 0.00810. The lowest BCUT2D eigenvalue weighted by Gasteiger charge is -2.34. The number of likely N-dealkylation sites (N-methyl/N-ethyl adjacent to an activating group) is 1. The van der Waals surface area contributed by atoms with Crippen LogP contribution in [0.4, 0.5) is 8.78 Å². The Balaban J connectivity index is 1.03. The fourth-order valence-electron chi connectivity index (χ4n) is 9.81. The molecule has 2 saturated heterocycles. The summed E-state index contributed by atoms with van der Waals surface area (Å²) in [4.78, 5) is 37.8. The summed E-state index contributed by atoms with van der Waals surface area (Å²) in [7, 11) is 2.09. The molecule has 2 bridgehead atoms. The second kappa shape index (κ2) is 24.3. The van der Waals surface area contributed by atoms with Crippen molar-refractivity contribution in [1.29, 1.82) is 0 Å². The first-order valence-electron chi connectivity index (χ1n) is 25.1. The maximum absolute atomic E-state index is 15.9. The zero-order chi connectivity index (χ0) is 51.8. The minimum Gasteiger partial charge on any atom is -0.490 e. The SMILES string of the molecule is C#C/C1=C(Cl)\C(C)=C(/CC)c2c(-c3ccc(F)cc3)sc3ncnc(c23)O[C@@H](C(=O)O)Cc2cc(ccc2OCc2ccnc([C@H]3CC[C@](F)(COC[C@H]4COCCO4)CC3)n2)OC[C@@H](CN2CCN(C)CC2)O1. The standard InChI is InChI=1S/C55H61ClF2N6O9S/c1-5-43-34(3)49(56)44(6-2)72-41(27-64-21-19-63(4)20-22-64)31-70-40-11-12-45(71-28-39-15-18-59-51(62-39)36-13-16-55(58,17-14-36)32-68-30-42-29-67-23-24-69-42)37(25-40)26-46(54(65)66)73-52-48-47(43)50(74-53(48)61-33-60-52)35-7-9-38(57)10-8-35/h2,7-12,15,18,25,33,36,41-42,46H,5,13-14,16-17,19-24,26-32H2,1,3-4H3,(H,65,66)/b43-34+,49-44-/t36-,41-,42-,46-,55+/m1/s1. The average molecular weight is 1060 g/mol. The Morgan fingerprint density at radius 1 is 1.03 bits per heavy atom. The van der Waals surface area contributed by atoms with E-state index in [1.165, 1.54) is 29.8 Å². The molecule has 3 aromatic heterocycles. The summed E-state index contributed by atoms with van der Waals surface area (Å²) in [6, 6.07) is 13.1. The molecule has 1 N–H and O–H groups in total. The Labute approximate surface area is 438 Å². The zero-order valence-corrected chi connectivity index (χ0v) is 43.4. The van der Waals surface area contributed by atoms with Crippen molar-refractivity contribution in [3.8, 4) is 40.2 Å². The molecule has 1 saturated carbocycles. The van der Waals surface area contributed by atoms with Gasteiger partial charge in [0.15, 0.2) is 5.76 Å². The van der Waals surface area contributed by atoms with Crippen LogP contribution in [0, 0.1) is 18.2 Å². The average Bonchev–Trinajstić information content (AvgIpc) is 3.80. The number of carboxylic acids is 1. The van der Waals surface area contributed by atoms with Crippen LogP contribution in [-0.2, 0) is 36.8 Å². The molecule has 4 aliphatic rings. The molecule has 2 aromatic carbocycles. The number of aromatic nitrogens is 4. The van der Waals surface area contributed by atoms with Gasteiger partial charge in [-0.25, -0.2) is 33.5 Å². The van der Waals surface area contributed by atoms with Crippen LogP contribution in [0.5, 0.6) is 17.4 Å². The van der Waals surface area contributed by atoms with E-state index in [1.807, 2.05) is 13.8 Å². The van der Waals surface area contributed by atoms with Gasteiger partial charge in [-0.3, -0.25) is 4.90 Å². The molecule has 3 atom stereocenters. The number of nitrogens with zero attached hydrogens (tertiary/aromatic N) is 6. The Hall–Kier alpha value is -5.78. The highest BCUT2D eigenvalue weighted by Crippen LogP contribution is 2.48. The monoisotopic (exact) mass is 1050 g/mol. The first kappa shape index (κ1) is 53.1. The number of piperazine rings is 1. The molecule has 0 unspecified atom stereocenters. The maximum atomic E-state index is 15.9. The summed E-state index contributed by atoms with van der Waals surface area (Å²) in [5, 5.41) is 11.6. The molecule has 0 radical (unpaired) electrons. The highest BCUT2D eigenvalue weighted by molar-refractivity contribution is 7.22. The van der Waals surface area contributed by atoms with Gasteiger partial charge in [0.05, 0.1) is 49.1 Å². The molecule has 0 spiro atoms. The molecule has 6 heterocycles. The summed E-state index contributed by atoms with van der Waals surface area (Å²) < 4.78 is 73.2. The van der Waals surface area contributed by atoms with Crippen molar-refractivity contribution in [1.82, 2.24) is 29.7 Å². The number of hydrogen-bond acceptors (Lipinski definition) is 15. The van der Waals surface area contributed by atoms with Crippen molar-refractivity contribution in [2.45, 2.75) is 88.9 Å². The molecular weight excluding hydrogens is 994 g/mol. The molecule has 3 aliphatic heterocycles. The fraction of sp³-hybridized carbons (Fsp3) is 0.473. The van der Waals surface area contributed by atoms with Gasteiger partial charge in [-0.15, -0.1) is 17.8 Å². The van der Waals surface area contributed by atoms with Gasteiger partial charge in [-0.1, -0.05) is 30.7 Å². The number of ether oxygens (including phenoxy) is 7. The zero-order valence-electron chi connectivity index (χ0n) is 41.8. The van der Waals surface area contributed by atoms with Gasteiger partial charge < -0.3 is 43.2 Å². The highest BCUT2D eigenvalue weighted by atomic mass is 35.5. The van der Waals surface area contributed by atoms with E-state index >= 15 is 4.39 Å². The Kier molecular flexibility index (Phi) is 17.4. The van der Waals surface area contributed by atoms with Crippen LogP contribution in [0.25, 0.3) is 26.2 Å². The topological polar surface area (TPSA) is 160 Å².